The Bertz CT molecular complexity index is 215. The van der Waals surface area contributed by atoms with E-state index in [-0.39, 0.29) is 9.56 Å². The van der Waals surface area contributed by atoms with E-state index in [9.17, 15) is 9.59 Å². The Morgan fingerprint density at radius 1 is 1.83 bits per heavy atom. The zero-order valence-electron chi connectivity index (χ0n) is 6.32. The minimum Gasteiger partial charge on any atom is -0.282 e. The van der Waals surface area contributed by atoms with E-state index in [1.807, 2.05) is 0 Å². The first-order valence-electron chi connectivity index (χ1n) is 3.35. The van der Waals surface area contributed by atoms with Gasteiger partial charge in [0, 0.05) is 16.8 Å². The molecule has 1 unspecified atom stereocenters. The highest BCUT2D eigenvalue weighted by Gasteiger charge is 2.24. The first-order chi connectivity index (χ1) is 5.72. The third-order valence-corrected chi connectivity index (χ3v) is 4.98. The molecule has 1 aliphatic rings. The van der Waals surface area contributed by atoms with E-state index < -0.39 is 0 Å². The van der Waals surface area contributed by atoms with Gasteiger partial charge in [-0.15, -0.1) is 0 Å². The molecular formula is C7H8O2S3. The summed E-state index contributed by atoms with van der Waals surface area (Å²) in [5, 5.41) is 0.288. The Balaban J connectivity index is 2.20. The van der Waals surface area contributed by atoms with Gasteiger partial charge in [0.25, 0.3) is 0 Å². The molecule has 0 amide bonds. The van der Waals surface area contributed by atoms with Gasteiger partial charge in [-0.05, 0) is 6.08 Å². The smallest absolute Gasteiger partial charge is 0.246 e. The standard InChI is InChI=1S/C7H8O2S3/c1-2-6(8)10-3-5-4-11-7(9)12-5/h2,5H,1,3-4H2. The molecule has 1 atom stereocenters. The highest BCUT2D eigenvalue weighted by Crippen LogP contribution is 2.34. The molecular weight excluding hydrogens is 212 g/mol. The zero-order valence-corrected chi connectivity index (χ0v) is 8.77. The number of rotatable bonds is 3. The van der Waals surface area contributed by atoms with Crippen LogP contribution in [0.3, 0.4) is 0 Å². The Morgan fingerprint density at radius 2 is 2.58 bits per heavy atom. The average molecular weight is 220 g/mol. The molecule has 1 fully saturated rings. The summed E-state index contributed by atoms with van der Waals surface area (Å²) < 4.78 is 0.173. The van der Waals surface area contributed by atoms with Crippen LogP contribution in [0.4, 0.5) is 4.79 Å². The van der Waals surface area contributed by atoms with E-state index in [0.29, 0.717) is 11.0 Å². The van der Waals surface area contributed by atoms with Crippen molar-refractivity contribution in [2.75, 3.05) is 11.5 Å². The largest absolute Gasteiger partial charge is 0.282 e. The normalized spacial score (nSPS) is 22.7. The molecule has 5 heteroatoms. The number of carbonyl (C=O) groups excluding carboxylic acids is 2. The number of hydrogen-bond acceptors (Lipinski definition) is 5. The molecule has 0 aromatic carbocycles. The summed E-state index contributed by atoms with van der Waals surface area (Å²) in [4.78, 5) is 21.6. The maximum atomic E-state index is 10.8. The van der Waals surface area contributed by atoms with Crippen molar-refractivity contribution in [3.05, 3.63) is 12.7 Å². The fraction of sp³-hybridized carbons (Fsp3) is 0.429. The summed E-state index contributed by atoms with van der Waals surface area (Å²) in [5.74, 6) is 1.55. The van der Waals surface area contributed by atoms with Gasteiger partial charge < -0.3 is 0 Å². The number of hydrogen-bond donors (Lipinski definition) is 0. The molecule has 66 valence electrons. The highest BCUT2D eigenvalue weighted by atomic mass is 32.2. The molecule has 0 spiro atoms. The van der Waals surface area contributed by atoms with E-state index in [2.05, 4.69) is 6.58 Å². The van der Waals surface area contributed by atoms with Crippen LogP contribution >= 0.6 is 35.3 Å². The van der Waals surface area contributed by atoms with Gasteiger partial charge in [-0.1, -0.05) is 41.9 Å². The van der Waals surface area contributed by atoms with Crippen molar-refractivity contribution in [3.8, 4) is 0 Å². The Labute approximate surface area is 83.9 Å². The van der Waals surface area contributed by atoms with Crippen molar-refractivity contribution in [2.24, 2.45) is 0 Å². The number of carbonyl (C=O) groups is 2. The SMILES string of the molecule is C=CC(=O)SCC1CSC(=O)S1. The third kappa shape index (κ3) is 3.25. The molecule has 1 saturated heterocycles. The molecule has 0 aromatic rings. The van der Waals surface area contributed by atoms with Crippen LogP contribution in [0.15, 0.2) is 12.7 Å². The average Bonchev–Trinajstić information content (AvgIpc) is 2.47. The Hall–Kier alpha value is 0.130. The summed E-state index contributed by atoms with van der Waals surface area (Å²) >= 11 is 3.91. The summed E-state index contributed by atoms with van der Waals surface area (Å²) in [7, 11) is 0. The molecule has 0 saturated carbocycles. The maximum Gasteiger partial charge on any atom is 0.246 e. The summed E-state index contributed by atoms with van der Waals surface area (Å²) in [6, 6.07) is 0. The second kappa shape index (κ2) is 4.99. The topological polar surface area (TPSA) is 34.1 Å². The maximum absolute atomic E-state index is 10.8. The van der Waals surface area contributed by atoms with E-state index in [4.69, 9.17) is 0 Å². The molecule has 12 heavy (non-hydrogen) atoms. The molecule has 0 bridgehead atoms. The molecule has 2 nitrogen and oxygen atoms in total. The van der Waals surface area contributed by atoms with Crippen LogP contribution in [0, 0.1) is 0 Å². The first-order valence-corrected chi connectivity index (χ1v) is 6.20. The van der Waals surface area contributed by atoms with Gasteiger partial charge in [-0.25, -0.2) is 0 Å². The third-order valence-electron chi connectivity index (χ3n) is 1.23. The van der Waals surface area contributed by atoms with Crippen molar-refractivity contribution in [3.63, 3.8) is 0 Å². The van der Waals surface area contributed by atoms with Gasteiger partial charge >= 0.3 is 0 Å². The Kier molecular flexibility index (Phi) is 4.25. The van der Waals surface area contributed by atoms with Crippen molar-refractivity contribution in [1.29, 1.82) is 0 Å². The minimum absolute atomic E-state index is 0.0139. The molecule has 0 aliphatic carbocycles. The van der Waals surface area contributed by atoms with E-state index >= 15 is 0 Å². The molecule has 0 aromatic heterocycles. The van der Waals surface area contributed by atoms with Crippen molar-refractivity contribution in [1.82, 2.24) is 0 Å². The second-order valence-electron chi connectivity index (χ2n) is 2.14. The van der Waals surface area contributed by atoms with Gasteiger partial charge in [-0.3, -0.25) is 9.59 Å². The molecule has 0 radical (unpaired) electrons. The quantitative estimate of drug-likeness (QED) is 0.682. The van der Waals surface area contributed by atoms with Crippen molar-refractivity contribution in [2.45, 2.75) is 5.25 Å². The monoisotopic (exact) mass is 220 g/mol. The lowest BCUT2D eigenvalue weighted by Gasteiger charge is -2.02. The fourth-order valence-corrected chi connectivity index (χ4v) is 3.97. The lowest BCUT2D eigenvalue weighted by atomic mass is 10.5. The fourth-order valence-electron chi connectivity index (χ4n) is 0.681. The molecule has 0 N–H and O–H groups in total. The van der Waals surface area contributed by atoms with Gasteiger partial charge in [0.2, 0.25) is 9.56 Å². The van der Waals surface area contributed by atoms with Gasteiger partial charge in [0.05, 0.1) is 0 Å². The number of thioether (sulfide) groups is 3. The minimum atomic E-state index is -0.0139. The van der Waals surface area contributed by atoms with E-state index in [0.717, 1.165) is 5.75 Å². The van der Waals surface area contributed by atoms with Crippen LogP contribution in [-0.4, -0.2) is 26.3 Å². The lowest BCUT2D eigenvalue weighted by Crippen LogP contribution is -2.06. The molecule has 1 aliphatic heterocycles. The van der Waals surface area contributed by atoms with Crippen molar-refractivity contribution >= 4 is 44.8 Å². The van der Waals surface area contributed by atoms with Crippen LogP contribution in [-0.2, 0) is 4.79 Å². The first kappa shape index (κ1) is 10.2. The summed E-state index contributed by atoms with van der Waals surface area (Å²) in [6.07, 6.45) is 1.30. The lowest BCUT2D eigenvalue weighted by molar-refractivity contribution is -0.107. The van der Waals surface area contributed by atoms with E-state index in [1.54, 1.807) is 0 Å². The zero-order chi connectivity index (χ0) is 8.97. The predicted molar refractivity (Wildman–Crippen MR) is 56.9 cm³/mol. The van der Waals surface area contributed by atoms with Gasteiger partial charge in [-0.2, -0.15) is 0 Å². The van der Waals surface area contributed by atoms with Crippen LogP contribution < -0.4 is 0 Å². The summed E-state index contributed by atoms with van der Waals surface area (Å²) in [6.45, 7) is 3.37. The second-order valence-corrected chi connectivity index (χ2v) is 5.68. The van der Waals surface area contributed by atoms with Crippen LogP contribution in [0.25, 0.3) is 0 Å². The van der Waals surface area contributed by atoms with Crippen LogP contribution in [0.5, 0.6) is 0 Å². The molecule has 1 heterocycles. The molecule has 1 rings (SSSR count). The predicted octanol–water partition coefficient (Wildman–Crippen LogP) is 2.40. The summed E-state index contributed by atoms with van der Waals surface area (Å²) in [5.41, 5.74) is 0. The van der Waals surface area contributed by atoms with Crippen LogP contribution in [0.1, 0.15) is 0 Å². The van der Waals surface area contributed by atoms with E-state index in [1.165, 1.54) is 41.4 Å². The Morgan fingerprint density at radius 3 is 3.08 bits per heavy atom. The van der Waals surface area contributed by atoms with Crippen molar-refractivity contribution < 1.29 is 9.59 Å². The van der Waals surface area contributed by atoms with Gasteiger partial charge in [0.1, 0.15) is 0 Å². The highest BCUT2D eigenvalue weighted by molar-refractivity contribution is 8.41. The van der Waals surface area contributed by atoms with Gasteiger partial charge in [0.15, 0.2) is 0 Å². The van der Waals surface area contributed by atoms with Crippen LogP contribution in [0.2, 0.25) is 0 Å².